The Bertz CT molecular complexity index is 3830. The van der Waals surface area contributed by atoms with Crippen molar-refractivity contribution < 1.29 is 87.0 Å². The molecule has 9 rings (SSSR count). The average molecular weight is 1080 g/mol. The van der Waals surface area contributed by atoms with E-state index in [2.05, 4.69) is 19.9 Å². The molecule has 0 fully saturated rings. The van der Waals surface area contributed by atoms with Crippen molar-refractivity contribution in [1.82, 2.24) is 19.9 Å². The Kier molecular flexibility index (Phi) is 11.8. The summed E-state index contributed by atoms with van der Waals surface area (Å²) in [6.45, 7) is 0. The van der Waals surface area contributed by atoms with Crippen LogP contribution in [0.3, 0.4) is 0 Å². The van der Waals surface area contributed by atoms with Crippen LogP contribution in [0.25, 0.3) is 22.3 Å². The first kappa shape index (κ1) is 49.5. The van der Waals surface area contributed by atoms with Gasteiger partial charge >= 0.3 is 0 Å². The van der Waals surface area contributed by atoms with E-state index in [0.29, 0.717) is 48.5 Å². The molecule has 0 radical (unpaired) electrons. The van der Waals surface area contributed by atoms with Crippen LogP contribution >= 0.6 is 0 Å². The number of aromatic nitrogens is 4. The fourth-order valence-corrected chi connectivity index (χ4v) is 9.94. The molecule has 0 unspecified atom stereocenters. The normalized spacial score (nSPS) is 13.6. The van der Waals surface area contributed by atoms with Gasteiger partial charge in [-0.1, -0.05) is 48.5 Å². The van der Waals surface area contributed by atoms with Crippen molar-refractivity contribution in [2.45, 2.75) is 19.6 Å². The van der Waals surface area contributed by atoms with Gasteiger partial charge in [-0.2, -0.15) is 33.7 Å². The van der Waals surface area contributed by atoms with Crippen LogP contribution in [0.1, 0.15) is 45.0 Å². The van der Waals surface area contributed by atoms with E-state index in [0.717, 1.165) is 48.5 Å². The van der Waals surface area contributed by atoms with Crippen LogP contribution in [0.5, 0.6) is 0 Å². The maximum Gasteiger partial charge on any atom is 0.294 e. The molecule has 0 saturated heterocycles. The summed E-state index contributed by atoms with van der Waals surface area (Å²) >= 11 is 0. The second-order valence-corrected chi connectivity index (χ2v) is 21.2. The summed E-state index contributed by atoms with van der Waals surface area (Å²) in [5, 5.41) is -4.76. The number of aromatic amines is 4. The minimum absolute atomic E-state index is 0.530. The van der Waals surface area contributed by atoms with E-state index in [4.69, 9.17) is 0 Å². The van der Waals surface area contributed by atoms with Gasteiger partial charge in [0.25, 0.3) is 40.5 Å². The van der Waals surface area contributed by atoms with Crippen LogP contribution in [-0.4, -0.2) is 71.8 Å². The molecule has 0 saturated carbocycles. The Morgan fingerprint density at radius 1 is 0.264 bits per heavy atom. The zero-order valence-corrected chi connectivity index (χ0v) is 38.2. The van der Waals surface area contributed by atoms with Gasteiger partial charge in [0.05, 0.1) is 63.8 Å². The van der Waals surface area contributed by atoms with Gasteiger partial charge in [-0.3, -0.25) is 18.2 Å². The zero-order valence-electron chi connectivity index (χ0n) is 34.9. The van der Waals surface area contributed by atoms with Crippen molar-refractivity contribution >= 4 is 62.8 Å². The van der Waals surface area contributed by atoms with Crippen molar-refractivity contribution in [3.63, 3.8) is 0 Å². The van der Waals surface area contributed by atoms with Gasteiger partial charge in [-0.15, -0.1) is 0 Å². The average Bonchev–Trinajstić information content (AvgIpc) is 3.97. The molecule has 8 N–H and O–H groups in total. The Morgan fingerprint density at radius 2 is 0.431 bits per heavy atom. The van der Waals surface area contributed by atoms with Crippen LogP contribution in [0.2, 0.25) is 0 Å². The fraction of sp³-hybridized carbons (Fsp3) is 0. The summed E-state index contributed by atoms with van der Waals surface area (Å²) in [7, 11) is -19.9. The van der Waals surface area contributed by atoms with Crippen LogP contribution < -0.4 is 21.4 Å². The summed E-state index contributed by atoms with van der Waals surface area (Å²) < 4.78 is 270. The molecule has 5 heterocycles. The third-order valence-electron chi connectivity index (χ3n) is 11.3. The highest BCUT2D eigenvalue weighted by Crippen LogP contribution is 2.35. The van der Waals surface area contributed by atoms with Crippen LogP contribution in [0.15, 0.2) is 117 Å². The van der Waals surface area contributed by atoms with Crippen LogP contribution in [0.4, 0.5) is 35.1 Å². The zero-order chi connectivity index (χ0) is 52.3. The Labute approximate surface area is 397 Å². The van der Waals surface area contributed by atoms with Gasteiger partial charge < -0.3 is 19.9 Å². The minimum Gasteiger partial charge on any atom is -0.349 e. The summed E-state index contributed by atoms with van der Waals surface area (Å²) in [5.74, 6) is -16.0. The molecule has 0 amide bonds. The Morgan fingerprint density at radius 3 is 0.583 bits per heavy atom. The monoisotopic (exact) mass is 1080 g/mol. The lowest BCUT2D eigenvalue weighted by Crippen LogP contribution is -2.21. The largest absolute Gasteiger partial charge is 0.349 e. The molecule has 1 aliphatic heterocycles. The van der Waals surface area contributed by atoms with Gasteiger partial charge in [0.15, 0.2) is 46.5 Å². The molecule has 28 heteroatoms. The molecule has 4 aromatic heterocycles. The van der Waals surface area contributed by atoms with Crippen LogP contribution in [0, 0.1) is 46.5 Å². The van der Waals surface area contributed by atoms with E-state index < -0.39 is 195 Å². The maximum absolute atomic E-state index is 16.9. The Balaban J connectivity index is 1.56. The number of hydrogen-bond acceptors (Lipinski definition) is 8. The van der Waals surface area contributed by atoms with Gasteiger partial charge in [0.2, 0.25) is 0 Å². The highest BCUT2D eigenvalue weighted by molar-refractivity contribution is 7.86. The molecule has 1 aliphatic rings. The fourth-order valence-electron chi connectivity index (χ4n) is 8.02. The van der Waals surface area contributed by atoms with Crippen molar-refractivity contribution in [1.29, 1.82) is 0 Å². The quantitative estimate of drug-likeness (QED) is 0.0777. The number of nitrogens with one attached hydrogen (secondary N) is 4. The molecule has 372 valence electrons. The van der Waals surface area contributed by atoms with E-state index in [1.54, 1.807) is 0 Å². The van der Waals surface area contributed by atoms with Crippen molar-refractivity contribution in [2.75, 3.05) is 0 Å². The van der Waals surface area contributed by atoms with E-state index in [1.807, 2.05) is 0 Å². The summed E-state index contributed by atoms with van der Waals surface area (Å²) in [4.78, 5) is 5.87. The summed E-state index contributed by atoms with van der Waals surface area (Å²) in [6, 6.07) is 11.9. The van der Waals surface area contributed by atoms with Crippen molar-refractivity contribution in [2.24, 2.45) is 0 Å². The van der Waals surface area contributed by atoms with E-state index >= 15 is 35.1 Å². The molecule has 0 aliphatic carbocycles. The highest BCUT2D eigenvalue weighted by Gasteiger charge is 2.33. The third kappa shape index (κ3) is 8.34. The number of benzene rings is 4. The van der Waals surface area contributed by atoms with Gasteiger partial charge in [-0.25, -0.2) is 35.1 Å². The SMILES string of the molecule is O=S(=O)(O)c1ccc(C2=c3[nH]c(c(F)c3F)=C(c3ccc(S(=O)(=O)O)cc3)c3[nH]c(c(F)c3F)C(c3ccc(S(=O)(=O)O)cc3)=c3[nH]c(c(F)c3F)=C(c3ccc(S(=O)(=O)O)cc3)c3[nH]c2c(F)c3F)cc1. The van der Waals surface area contributed by atoms with Crippen molar-refractivity contribution in [3.05, 3.63) is 210 Å². The van der Waals surface area contributed by atoms with Gasteiger partial charge in [0.1, 0.15) is 0 Å². The van der Waals surface area contributed by atoms with E-state index in [-0.39, 0.29) is 0 Å². The molecule has 4 aromatic carbocycles. The highest BCUT2D eigenvalue weighted by atomic mass is 32.2. The number of hydrogen-bond donors (Lipinski definition) is 8. The first-order valence-corrected chi connectivity index (χ1v) is 25.4. The molecule has 0 atom stereocenters. The number of halogens is 8. The molecular weight excluding hydrogens is 1060 g/mol. The van der Waals surface area contributed by atoms with E-state index in [1.165, 1.54) is 0 Å². The number of fused-ring (bicyclic) bond motifs is 8. The summed E-state index contributed by atoms with van der Waals surface area (Å²) in [6.07, 6.45) is 0. The minimum atomic E-state index is -4.98. The molecule has 16 nitrogen and oxygen atoms in total. The maximum atomic E-state index is 16.9. The van der Waals surface area contributed by atoms with Crippen LogP contribution in [-0.2, 0) is 40.5 Å². The first-order chi connectivity index (χ1) is 33.6. The Hall–Kier alpha value is -7.44. The number of H-pyrrole nitrogens is 4. The lowest BCUT2D eigenvalue weighted by molar-refractivity contribution is 0.481. The van der Waals surface area contributed by atoms with E-state index in [9.17, 15) is 51.9 Å². The smallest absolute Gasteiger partial charge is 0.294 e. The first-order valence-electron chi connectivity index (χ1n) is 19.7. The molecule has 0 spiro atoms. The number of rotatable bonds is 8. The second kappa shape index (κ2) is 17.1. The predicted octanol–water partition coefficient (Wildman–Crippen LogP) is 4.40. The second-order valence-electron chi connectivity index (χ2n) is 15.5. The molecule has 8 bridgehead atoms. The van der Waals surface area contributed by atoms with Gasteiger partial charge in [-0.05, 0) is 70.8 Å². The van der Waals surface area contributed by atoms with Crippen molar-refractivity contribution in [3.8, 4) is 0 Å². The standard InChI is InChI=1S/C44H24F8N4O12S4/c45-29-31(47)39-26(18-3-11-22(12-4-18)70(60,61)62)41-33(49)35(51)43(55-41)28(20-7-15-24(16-8-20)72(66,67)68)44-36(52)34(50)42(56-44)27(19-5-13-23(14-6-19)71(63,64)65)40-32(48)30(46)38(54-40)25(37(29)53-39)17-1-9-21(10-2-17)69(57,58)59/h1-16,53-56H,(H,57,58,59)(H,60,61,62)(H,63,64,65)(H,66,67,68). The molecular formula is C44H24F8N4O12S4. The molecule has 8 aromatic rings. The lowest BCUT2D eigenvalue weighted by atomic mass is 10.0. The van der Waals surface area contributed by atoms with Gasteiger partial charge in [0, 0.05) is 22.3 Å². The third-order valence-corrected chi connectivity index (χ3v) is 14.8. The topological polar surface area (TPSA) is 281 Å². The lowest BCUT2D eigenvalue weighted by Gasteiger charge is -2.10. The predicted molar refractivity (Wildman–Crippen MR) is 233 cm³/mol. The summed E-state index contributed by atoms with van der Waals surface area (Å²) in [5.41, 5.74) is -10.7. The molecule has 72 heavy (non-hydrogen) atoms.